The third kappa shape index (κ3) is 3.22. The first-order valence-electron chi connectivity index (χ1n) is 5.85. The zero-order valence-corrected chi connectivity index (χ0v) is 11.6. The zero-order valence-electron chi connectivity index (χ0n) is 10.8. The van der Waals surface area contributed by atoms with E-state index in [9.17, 15) is 8.60 Å². The number of methoxy groups -OCH3 is 1. The molecule has 1 atom stereocenters. The quantitative estimate of drug-likeness (QED) is 0.869. The second-order valence-corrected chi connectivity index (χ2v) is 5.52. The van der Waals surface area contributed by atoms with Gasteiger partial charge in [-0.2, -0.15) is 5.26 Å². The molecule has 0 spiro atoms. The van der Waals surface area contributed by atoms with E-state index in [1.54, 1.807) is 24.3 Å². The Labute approximate surface area is 119 Å². The predicted molar refractivity (Wildman–Crippen MR) is 74.2 cm³/mol. The summed E-state index contributed by atoms with van der Waals surface area (Å²) in [5, 5.41) is 8.81. The molecule has 1 unspecified atom stereocenters. The molecular weight excluding hydrogens is 277 g/mol. The summed E-state index contributed by atoms with van der Waals surface area (Å²) in [6, 6.07) is 12.8. The van der Waals surface area contributed by atoms with E-state index in [0.29, 0.717) is 16.2 Å². The summed E-state index contributed by atoms with van der Waals surface area (Å²) in [4.78, 5) is 0.553. The second kappa shape index (κ2) is 6.31. The third-order valence-corrected chi connectivity index (χ3v) is 4.12. The highest BCUT2D eigenvalue weighted by Crippen LogP contribution is 2.23. The maximum atomic E-state index is 13.3. The Bertz CT molecular complexity index is 695. The Morgan fingerprint density at radius 1 is 1.30 bits per heavy atom. The van der Waals surface area contributed by atoms with E-state index in [2.05, 4.69) is 0 Å². The lowest BCUT2D eigenvalue weighted by Gasteiger charge is -2.08. The van der Waals surface area contributed by atoms with Gasteiger partial charge in [-0.15, -0.1) is 0 Å². The summed E-state index contributed by atoms with van der Waals surface area (Å²) in [5.74, 6) is 0.158. The Morgan fingerprint density at radius 2 is 2.05 bits per heavy atom. The van der Waals surface area contributed by atoms with Crippen LogP contribution in [0.2, 0.25) is 0 Å². The van der Waals surface area contributed by atoms with E-state index in [-0.39, 0.29) is 11.3 Å². The van der Waals surface area contributed by atoms with Crippen molar-refractivity contribution >= 4 is 10.8 Å². The van der Waals surface area contributed by atoms with Crippen molar-refractivity contribution in [3.63, 3.8) is 0 Å². The molecule has 2 aromatic rings. The lowest BCUT2D eigenvalue weighted by Crippen LogP contribution is -2.00. The van der Waals surface area contributed by atoms with Crippen LogP contribution in [0.5, 0.6) is 5.75 Å². The van der Waals surface area contributed by atoms with E-state index >= 15 is 0 Å². The molecule has 3 nitrogen and oxygen atoms in total. The number of nitriles is 1. The minimum Gasteiger partial charge on any atom is -0.495 e. The molecule has 0 saturated heterocycles. The van der Waals surface area contributed by atoms with Crippen LogP contribution in [0.3, 0.4) is 0 Å². The fourth-order valence-corrected chi connectivity index (χ4v) is 3.07. The topological polar surface area (TPSA) is 50.1 Å². The standard InChI is InChI=1S/C15H12FNO2S/c1-19-14-4-2-3-5-15(14)20(18)10-12-6-11(9-17)7-13(16)8-12/h2-8H,10H2,1H3. The molecular formula is C15H12FNO2S. The van der Waals surface area contributed by atoms with E-state index in [1.165, 1.54) is 19.2 Å². The lowest BCUT2D eigenvalue weighted by atomic mass is 10.1. The number of hydrogen-bond donors (Lipinski definition) is 0. The van der Waals surface area contributed by atoms with Crippen LogP contribution in [-0.4, -0.2) is 11.3 Å². The number of halogens is 1. The maximum absolute atomic E-state index is 13.3. The molecule has 0 heterocycles. The molecule has 0 fully saturated rings. The van der Waals surface area contributed by atoms with Gasteiger partial charge in [0.05, 0.1) is 40.2 Å². The number of benzene rings is 2. The monoisotopic (exact) mass is 289 g/mol. The van der Waals surface area contributed by atoms with Crippen LogP contribution >= 0.6 is 0 Å². The largest absolute Gasteiger partial charge is 0.495 e. The van der Waals surface area contributed by atoms with Crippen LogP contribution in [0.15, 0.2) is 47.4 Å². The average Bonchev–Trinajstić information content (AvgIpc) is 2.46. The van der Waals surface area contributed by atoms with Crippen molar-refractivity contribution in [1.29, 1.82) is 5.26 Å². The van der Waals surface area contributed by atoms with Crippen LogP contribution in [-0.2, 0) is 16.6 Å². The van der Waals surface area contributed by atoms with E-state index in [1.807, 2.05) is 6.07 Å². The third-order valence-electron chi connectivity index (χ3n) is 2.70. The molecule has 0 aromatic heterocycles. The molecule has 0 aliphatic rings. The van der Waals surface area contributed by atoms with Gasteiger partial charge >= 0.3 is 0 Å². The van der Waals surface area contributed by atoms with Crippen LogP contribution < -0.4 is 4.74 Å². The van der Waals surface area contributed by atoms with E-state index < -0.39 is 16.6 Å². The molecule has 5 heteroatoms. The Kier molecular flexibility index (Phi) is 4.49. The van der Waals surface area contributed by atoms with Crippen molar-refractivity contribution in [3.05, 3.63) is 59.4 Å². The molecule has 0 N–H and O–H groups in total. The normalized spacial score (nSPS) is 11.7. The molecule has 0 bridgehead atoms. The fourth-order valence-electron chi connectivity index (χ4n) is 1.83. The van der Waals surface area contributed by atoms with Gasteiger partial charge in [-0.1, -0.05) is 12.1 Å². The number of ether oxygens (including phenoxy) is 1. The highest BCUT2D eigenvalue weighted by Gasteiger charge is 2.11. The van der Waals surface area contributed by atoms with Gasteiger partial charge in [0.15, 0.2) is 0 Å². The molecule has 0 saturated carbocycles. The summed E-state index contributed by atoms with van der Waals surface area (Å²) < 4.78 is 30.8. The molecule has 20 heavy (non-hydrogen) atoms. The van der Waals surface area contributed by atoms with Gasteiger partial charge in [-0.3, -0.25) is 4.21 Å². The minimum absolute atomic E-state index is 0.132. The Morgan fingerprint density at radius 3 is 2.75 bits per heavy atom. The second-order valence-electron chi connectivity index (χ2n) is 4.10. The summed E-state index contributed by atoms with van der Waals surface area (Å²) in [5.41, 5.74) is 0.739. The van der Waals surface area contributed by atoms with Crippen LogP contribution in [0.25, 0.3) is 0 Å². The van der Waals surface area contributed by atoms with Gasteiger partial charge in [0.2, 0.25) is 0 Å². The van der Waals surface area contributed by atoms with Crippen LogP contribution in [0.4, 0.5) is 4.39 Å². The van der Waals surface area contributed by atoms with Gasteiger partial charge in [-0.05, 0) is 35.9 Å². The van der Waals surface area contributed by atoms with Crippen LogP contribution in [0.1, 0.15) is 11.1 Å². The van der Waals surface area contributed by atoms with E-state index in [0.717, 1.165) is 6.07 Å². The fraction of sp³-hybridized carbons (Fsp3) is 0.133. The molecule has 2 aromatic carbocycles. The summed E-state index contributed by atoms with van der Waals surface area (Å²) in [6.45, 7) is 0. The number of hydrogen-bond acceptors (Lipinski definition) is 3. The van der Waals surface area contributed by atoms with Crippen molar-refractivity contribution in [2.75, 3.05) is 7.11 Å². The van der Waals surface area contributed by atoms with Crippen molar-refractivity contribution in [3.8, 4) is 11.8 Å². The van der Waals surface area contributed by atoms with Crippen molar-refractivity contribution in [1.82, 2.24) is 0 Å². The first kappa shape index (κ1) is 14.2. The molecule has 2 rings (SSSR count). The lowest BCUT2D eigenvalue weighted by molar-refractivity contribution is 0.404. The molecule has 0 aliphatic carbocycles. The number of rotatable bonds is 4. The van der Waals surface area contributed by atoms with Crippen molar-refractivity contribution < 1.29 is 13.3 Å². The number of nitrogens with zero attached hydrogens (tertiary/aromatic N) is 1. The zero-order chi connectivity index (χ0) is 14.5. The molecule has 102 valence electrons. The Balaban J connectivity index is 2.28. The van der Waals surface area contributed by atoms with Crippen LogP contribution in [0, 0.1) is 17.1 Å². The first-order chi connectivity index (χ1) is 9.63. The summed E-state index contributed by atoms with van der Waals surface area (Å²) in [7, 11) is 0.141. The maximum Gasteiger partial charge on any atom is 0.134 e. The van der Waals surface area contributed by atoms with Crippen molar-refractivity contribution in [2.45, 2.75) is 10.6 Å². The van der Waals surface area contributed by atoms with Gasteiger partial charge in [0, 0.05) is 0 Å². The summed E-state index contributed by atoms with van der Waals surface area (Å²) >= 11 is 0. The highest BCUT2D eigenvalue weighted by atomic mass is 32.2. The average molecular weight is 289 g/mol. The smallest absolute Gasteiger partial charge is 0.134 e. The summed E-state index contributed by atoms with van der Waals surface area (Å²) in [6.07, 6.45) is 0. The SMILES string of the molecule is COc1ccccc1S(=O)Cc1cc(F)cc(C#N)c1. The number of para-hydroxylation sites is 1. The molecule has 0 radical (unpaired) electrons. The molecule has 0 amide bonds. The van der Waals surface area contributed by atoms with E-state index in [4.69, 9.17) is 10.00 Å². The van der Waals surface area contributed by atoms with Gasteiger partial charge in [-0.25, -0.2) is 4.39 Å². The van der Waals surface area contributed by atoms with Gasteiger partial charge in [0.1, 0.15) is 11.6 Å². The predicted octanol–water partition coefficient (Wildman–Crippen LogP) is 3.01. The van der Waals surface area contributed by atoms with Gasteiger partial charge < -0.3 is 4.74 Å². The van der Waals surface area contributed by atoms with Crippen molar-refractivity contribution in [2.24, 2.45) is 0 Å². The Hall–Kier alpha value is -2.19. The van der Waals surface area contributed by atoms with Gasteiger partial charge in [0.25, 0.3) is 0 Å². The minimum atomic E-state index is -1.37. The highest BCUT2D eigenvalue weighted by molar-refractivity contribution is 7.84. The first-order valence-corrected chi connectivity index (χ1v) is 7.17. The molecule has 0 aliphatic heterocycles.